The number of ether oxygens (including phenoxy) is 1. The summed E-state index contributed by atoms with van der Waals surface area (Å²) in [6.07, 6.45) is 1.82. The maximum absolute atomic E-state index is 12.6. The van der Waals surface area contributed by atoms with Gasteiger partial charge in [-0.15, -0.1) is 10.2 Å². The zero-order valence-electron chi connectivity index (χ0n) is 17.9. The molecule has 0 bridgehead atoms. The lowest BCUT2D eigenvalue weighted by Gasteiger charge is -2.17. The molecule has 164 valence electrons. The Morgan fingerprint density at radius 3 is 2.58 bits per heavy atom. The predicted molar refractivity (Wildman–Crippen MR) is 124 cm³/mol. The van der Waals surface area contributed by atoms with Gasteiger partial charge in [-0.3, -0.25) is 4.79 Å². The molecular weight excluding hydrogens is 432 g/mol. The number of para-hydroxylation sites is 1. The molecule has 2 atom stereocenters. The van der Waals surface area contributed by atoms with Crippen LogP contribution in [-0.4, -0.2) is 32.0 Å². The van der Waals surface area contributed by atoms with Gasteiger partial charge in [0.1, 0.15) is 12.4 Å². The zero-order chi connectivity index (χ0) is 22.2. The van der Waals surface area contributed by atoms with Gasteiger partial charge in [-0.05, 0) is 44.4 Å². The SMILES string of the molecule is CC(CCc1ccccc1)NC(=O)C(C)Sc1nnc(COc2ccccc2Cl)n1C. The first-order valence-electron chi connectivity index (χ1n) is 10.2. The fraction of sp³-hybridized carbons (Fsp3) is 0.348. The Morgan fingerprint density at radius 2 is 1.84 bits per heavy atom. The van der Waals surface area contributed by atoms with Crippen LogP contribution in [0.3, 0.4) is 0 Å². The van der Waals surface area contributed by atoms with Gasteiger partial charge in [0.25, 0.3) is 0 Å². The van der Waals surface area contributed by atoms with E-state index in [1.165, 1.54) is 17.3 Å². The topological polar surface area (TPSA) is 69.0 Å². The summed E-state index contributed by atoms with van der Waals surface area (Å²) in [6, 6.07) is 17.7. The molecule has 8 heteroatoms. The maximum Gasteiger partial charge on any atom is 0.233 e. The molecule has 6 nitrogen and oxygen atoms in total. The van der Waals surface area contributed by atoms with Crippen LogP contribution in [0.4, 0.5) is 0 Å². The molecule has 0 spiro atoms. The largest absolute Gasteiger partial charge is 0.484 e. The third-order valence-corrected chi connectivity index (χ3v) is 6.31. The second-order valence-corrected chi connectivity index (χ2v) is 9.09. The lowest BCUT2D eigenvalue weighted by Crippen LogP contribution is -2.38. The Hall–Kier alpha value is -2.51. The van der Waals surface area contributed by atoms with E-state index in [0.717, 1.165) is 12.8 Å². The van der Waals surface area contributed by atoms with Crippen molar-refractivity contribution >= 4 is 29.3 Å². The summed E-state index contributed by atoms with van der Waals surface area (Å²) in [5.41, 5.74) is 1.27. The highest BCUT2D eigenvalue weighted by Crippen LogP contribution is 2.25. The van der Waals surface area contributed by atoms with Crippen molar-refractivity contribution in [2.24, 2.45) is 7.05 Å². The van der Waals surface area contributed by atoms with E-state index >= 15 is 0 Å². The van der Waals surface area contributed by atoms with E-state index in [2.05, 4.69) is 27.6 Å². The summed E-state index contributed by atoms with van der Waals surface area (Å²) in [7, 11) is 1.86. The summed E-state index contributed by atoms with van der Waals surface area (Å²) in [6.45, 7) is 4.15. The van der Waals surface area contributed by atoms with E-state index in [0.29, 0.717) is 21.8 Å². The summed E-state index contributed by atoms with van der Waals surface area (Å²) < 4.78 is 7.58. The molecule has 0 aliphatic carbocycles. The second kappa shape index (κ2) is 11.2. The molecule has 1 aromatic heterocycles. The number of nitrogens with one attached hydrogen (secondary N) is 1. The minimum atomic E-state index is -0.292. The Kier molecular flexibility index (Phi) is 8.37. The molecule has 3 aromatic rings. The molecule has 0 saturated heterocycles. The Morgan fingerprint density at radius 1 is 1.13 bits per heavy atom. The smallest absolute Gasteiger partial charge is 0.233 e. The standard InChI is InChI=1S/C23H27ClN4O2S/c1-16(13-14-18-9-5-4-6-10-18)25-22(29)17(2)31-23-27-26-21(28(23)3)15-30-20-12-8-7-11-19(20)24/h4-12,16-17H,13-15H2,1-3H3,(H,25,29). The number of hydrogen-bond acceptors (Lipinski definition) is 5. The molecular formula is C23H27ClN4O2S. The third kappa shape index (κ3) is 6.74. The summed E-state index contributed by atoms with van der Waals surface area (Å²) in [5, 5.41) is 12.4. The molecule has 0 saturated carbocycles. The van der Waals surface area contributed by atoms with Crippen LogP contribution in [0.25, 0.3) is 0 Å². The highest BCUT2D eigenvalue weighted by molar-refractivity contribution is 8.00. The lowest BCUT2D eigenvalue weighted by molar-refractivity contribution is -0.120. The number of halogens is 1. The average molecular weight is 459 g/mol. The van der Waals surface area contributed by atoms with Gasteiger partial charge in [-0.25, -0.2) is 0 Å². The van der Waals surface area contributed by atoms with Gasteiger partial charge < -0.3 is 14.6 Å². The van der Waals surface area contributed by atoms with Crippen LogP contribution in [0, 0.1) is 0 Å². The molecule has 0 fully saturated rings. The van der Waals surface area contributed by atoms with Crippen molar-refractivity contribution in [3.63, 3.8) is 0 Å². The number of carbonyl (C=O) groups excluding carboxylic acids is 1. The Balaban J connectivity index is 1.48. The van der Waals surface area contributed by atoms with Gasteiger partial charge >= 0.3 is 0 Å². The van der Waals surface area contributed by atoms with Crippen LogP contribution in [-0.2, 0) is 24.9 Å². The fourth-order valence-corrected chi connectivity index (χ4v) is 3.98. The monoisotopic (exact) mass is 458 g/mol. The number of nitrogens with zero attached hydrogens (tertiary/aromatic N) is 3. The van der Waals surface area contributed by atoms with Crippen LogP contribution in [0.2, 0.25) is 5.02 Å². The maximum atomic E-state index is 12.6. The Bertz CT molecular complexity index is 996. The molecule has 1 heterocycles. The number of amides is 1. The van der Waals surface area contributed by atoms with Gasteiger partial charge in [-0.1, -0.05) is 65.8 Å². The van der Waals surface area contributed by atoms with E-state index in [4.69, 9.17) is 16.3 Å². The first-order valence-corrected chi connectivity index (χ1v) is 11.5. The number of aryl methyl sites for hydroxylation is 1. The van der Waals surface area contributed by atoms with Crippen molar-refractivity contribution in [2.45, 2.75) is 49.7 Å². The van der Waals surface area contributed by atoms with E-state index in [1.807, 2.05) is 55.8 Å². The average Bonchev–Trinajstić information content (AvgIpc) is 3.11. The van der Waals surface area contributed by atoms with Crippen molar-refractivity contribution in [3.05, 3.63) is 71.0 Å². The second-order valence-electron chi connectivity index (χ2n) is 7.37. The number of thioether (sulfide) groups is 1. The van der Waals surface area contributed by atoms with Crippen molar-refractivity contribution in [3.8, 4) is 5.75 Å². The minimum absolute atomic E-state index is 0.0116. The van der Waals surface area contributed by atoms with Crippen molar-refractivity contribution < 1.29 is 9.53 Å². The molecule has 3 rings (SSSR count). The quantitative estimate of drug-likeness (QED) is 0.447. The van der Waals surface area contributed by atoms with Gasteiger partial charge in [-0.2, -0.15) is 0 Å². The van der Waals surface area contributed by atoms with Gasteiger partial charge in [0.05, 0.1) is 10.3 Å². The molecule has 1 amide bonds. The van der Waals surface area contributed by atoms with Gasteiger partial charge in [0.15, 0.2) is 11.0 Å². The van der Waals surface area contributed by atoms with Crippen LogP contribution in [0.5, 0.6) is 5.75 Å². The zero-order valence-corrected chi connectivity index (χ0v) is 19.5. The lowest BCUT2D eigenvalue weighted by atomic mass is 10.1. The number of aromatic nitrogens is 3. The summed E-state index contributed by atoms with van der Waals surface area (Å²) in [4.78, 5) is 12.6. The highest BCUT2D eigenvalue weighted by atomic mass is 35.5. The number of rotatable bonds is 10. The number of carbonyl (C=O) groups is 1. The van der Waals surface area contributed by atoms with Crippen molar-refractivity contribution in [1.29, 1.82) is 0 Å². The van der Waals surface area contributed by atoms with Gasteiger partial charge in [0.2, 0.25) is 5.91 Å². The van der Waals surface area contributed by atoms with Crippen LogP contribution >= 0.6 is 23.4 Å². The molecule has 1 N–H and O–H groups in total. The van der Waals surface area contributed by atoms with E-state index in [-0.39, 0.29) is 23.8 Å². The van der Waals surface area contributed by atoms with Gasteiger partial charge in [0, 0.05) is 13.1 Å². The van der Waals surface area contributed by atoms with E-state index in [1.54, 1.807) is 12.1 Å². The summed E-state index contributed by atoms with van der Waals surface area (Å²) >= 11 is 7.50. The molecule has 2 aromatic carbocycles. The van der Waals surface area contributed by atoms with Crippen LogP contribution in [0.15, 0.2) is 59.8 Å². The minimum Gasteiger partial charge on any atom is -0.484 e. The number of benzene rings is 2. The molecule has 31 heavy (non-hydrogen) atoms. The van der Waals surface area contributed by atoms with Crippen LogP contribution < -0.4 is 10.1 Å². The first kappa shape index (κ1) is 23.2. The summed E-state index contributed by atoms with van der Waals surface area (Å²) in [5.74, 6) is 1.24. The Labute approximate surface area is 192 Å². The molecule has 0 radical (unpaired) electrons. The molecule has 2 unspecified atom stereocenters. The van der Waals surface area contributed by atoms with Crippen molar-refractivity contribution in [2.75, 3.05) is 0 Å². The predicted octanol–water partition coefficient (Wildman–Crippen LogP) is 4.67. The third-order valence-electron chi connectivity index (χ3n) is 4.87. The molecule has 0 aliphatic rings. The first-order chi connectivity index (χ1) is 14.9. The number of hydrogen-bond donors (Lipinski definition) is 1. The normalized spacial score (nSPS) is 12.9. The molecule has 0 aliphatic heterocycles. The van der Waals surface area contributed by atoms with E-state index in [9.17, 15) is 4.79 Å². The van der Waals surface area contributed by atoms with Crippen LogP contribution in [0.1, 0.15) is 31.7 Å². The fourth-order valence-electron chi connectivity index (χ4n) is 2.95. The highest BCUT2D eigenvalue weighted by Gasteiger charge is 2.20. The van der Waals surface area contributed by atoms with Crippen molar-refractivity contribution in [1.82, 2.24) is 20.1 Å². The van der Waals surface area contributed by atoms with E-state index < -0.39 is 0 Å².